The molecule has 2 aromatic rings. The van der Waals surface area contributed by atoms with Crippen molar-refractivity contribution in [1.82, 2.24) is 5.32 Å². The summed E-state index contributed by atoms with van der Waals surface area (Å²) < 4.78 is 9.64. The highest BCUT2D eigenvalue weighted by Crippen LogP contribution is 2.17. The standard InChI is InChI=1S/C21H22N2O5/c1-4-27-21(26)28-17-11-9-15(10-12-17)20(25)22-13-16-7-5-6-8-18(16)23-19(24)14(2)3/h5-12H,2,4,13H2,1,3H3,(H,22,25)(H,23,24). The van der Waals surface area contributed by atoms with Gasteiger partial charge in [-0.25, -0.2) is 4.79 Å². The fourth-order valence-corrected chi connectivity index (χ4v) is 2.22. The Morgan fingerprint density at radius 2 is 1.71 bits per heavy atom. The molecular formula is C21H22N2O5. The van der Waals surface area contributed by atoms with E-state index in [1.54, 1.807) is 38.1 Å². The molecule has 0 aromatic heterocycles. The van der Waals surface area contributed by atoms with Gasteiger partial charge in [0, 0.05) is 23.4 Å². The van der Waals surface area contributed by atoms with Crippen LogP contribution in [-0.4, -0.2) is 24.6 Å². The third kappa shape index (κ3) is 5.98. The van der Waals surface area contributed by atoms with Crippen LogP contribution in [0.1, 0.15) is 29.8 Å². The number of nitrogens with one attached hydrogen (secondary N) is 2. The summed E-state index contributed by atoms with van der Waals surface area (Å²) >= 11 is 0. The number of ether oxygens (including phenoxy) is 2. The van der Waals surface area contributed by atoms with E-state index in [4.69, 9.17) is 4.74 Å². The number of para-hydroxylation sites is 1. The van der Waals surface area contributed by atoms with Crippen molar-refractivity contribution in [2.45, 2.75) is 20.4 Å². The fourth-order valence-electron chi connectivity index (χ4n) is 2.22. The van der Waals surface area contributed by atoms with Crippen molar-refractivity contribution in [2.75, 3.05) is 11.9 Å². The number of amides is 2. The number of hydrogen-bond donors (Lipinski definition) is 2. The molecule has 0 heterocycles. The minimum absolute atomic E-state index is 0.216. The summed E-state index contributed by atoms with van der Waals surface area (Å²) in [5.74, 6) is -0.303. The van der Waals surface area contributed by atoms with Crippen LogP contribution in [0.3, 0.4) is 0 Å². The molecule has 0 atom stereocenters. The zero-order chi connectivity index (χ0) is 20.5. The van der Waals surface area contributed by atoms with Crippen molar-refractivity contribution in [1.29, 1.82) is 0 Å². The third-order valence-electron chi connectivity index (χ3n) is 3.67. The van der Waals surface area contributed by atoms with Crippen molar-refractivity contribution in [3.63, 3.8) is 0 Å². The van der Waals surface area contributed by atoms with Gasteiger partial charge in [-0.05, 0) is 49.7 Å². The Hall–Kier alpha value is -3.61. The molecule has 146 valence electrons. The minimum Gasteiger partial charge on any atom is -0.434 e. The van der Waals surface area contributed by atoms with Crippen LogP contribution in [0.2, 0.25) is 0 Å². The smallest absolute Gasteiger partial charge is 0.434 e. The van der Waals surface area contributed by atoms with Gasteiger partial charge in [-0.3, -0.25) is 9.59 Å². The van der Waals surface area contributed by atoms with E-state index in [0.29, 0.717) is 16.8 Å². The third-order valence-corrected chi connectivity index (χ3v) is 3.67. The predicted octanol–water partition coefficient (Wildman–Crippen LogP) is 3.67. The van der Waals surface area contributed by atoms with Crippen molar-refractivity contribution >= 4 is 23.7 Å². The van der Waals surface area contributed by atoms with Gasteiger partial charge in [0.15, 0.2) is 0 Å². The Morgan fingerprint density at radius 1 is 1.04 bits per heavy atom. The number of anilines is 1. The maximum Gasteiger partial charge on any atom is 0.513 e. The lowest BCUT2D eigenvalue weighted by molar-refractivity contribution is -0.112. The predicted molar refractivity (Wildman–Crippen MR) is 105 cm³/mol. The highest BCUT2D eigenvalue weighted by atomic mass is 16.7. The number of carbonyl (C=O) groups excluding carboxylic acids is 3. The van der Waals surface area contributed by atoms with Crippen LogP contribution >= 0.6 is 0 Å². The van der Waals surface area contributed by atoms with Gasteiger partial charge in [-0.15, -0.1) is 0 Å². The largest absolute Gasteiger partial charge is 0.513 e. The van der Waals surface area contributed by atoms with Crippen molar-refractivity contribution in [3.8, 4) is 5.75 Å². The molecule has 0 aliphatic carbocycles. The molecule has 0 saturated carbocycles. The molecule has 2 rings (SSSR count). The topological polar surface area (TPSA) is 93.7 Å². The summed E-state index contributed by atoms with van der Waals surface area (Å²) in [6.07, 6.45) is -0.798. The molecule has 0 fully saturated rings. The van der Waals surface area contributed by atoms with Crippen molar-refractivity contribution in [3.05, 3.63) is 71.8 Å². The van der Waals surface area contributed by atoms with Crippen LogP contribution in [-0.2, 0) is 16.1 Å². The lowest BCUT2D eigenvalue weighted by atomic mass is 10.1. The second-order valence-electron chi connectivity index (χ2n) is 5.88. The zero-order valence-corrected chi connectivity index (χ0v) is 15.8. The molecule has 0 bridgehead atoms. The SMILES string of the molecule is C=C(C)C(=O)Nc1ccccc1CNC(=O)c1ccc(OC(=O)OCC)cc1. The van der Waals surface area contributed by atoms with Gasteiger partial charge >= 0.3 is 6.16 Å². The zero-order valence-electron chi connectivity index (χ0n) is 15.8. The lowest BCUT2D eigenvalue weighted by Crippen LogP contribution is -2.24. The molecule has 0 spiro atoms. The molecule has 0 saturated heterocycles. The molecular weight excluding hydrogens is 360 g/mol. The minimum atomic E-state index is -0.798. The van der Waals surface area contributed by atoms with Gasteiger partial charge in [0.25, 0.3) is 11.8 Å². The van der Waals surface area contributed by atoms with Crippen LogP contribution in [0, 0.1) is 0 Å². The number of carbonyl (C=O) groups is 3. The average molecular weight is 382 g/mol. The molecule has 0 radical (unpaired) electrons. The van der Waals surface area contributed by atoms with Crippen LogP contribution < -0.4 is 15.4 Å². The van der Waals surface area contributed by atoms with E-state index < -0.39 is 6.16 Å². The molecule has 0 aliphatic rings. The second-order valence-corrected chi connectivity index (χ2v) is 5.88. The van der Waals surface area contributed by atoms with E-state index in [1.807, 2.05) is 12.1 Å². The highest BCUT2D eigenvalue weighted by molar-refractivity contribution is 6.03. The first kappa shape index (κ1) is 20.7. The van der Waals surface area contributed by atoms with Gasteiger partial charge in [0.05, 0.1) is 6.61 Å². The normalized spacial score (nSPS) is 9.93. The van der Waals surface area contributed by atoms with E-state index in [2.05, 4.69) is 21.9 Å². The van der Waals surface area contributed by atoms with Crippen LogP contribution in [0.5, 0.6) is 5.75 Å². The van der Waals surface area contributed by atoms with Gasteiger partial charge < -0.3 is 20.1 Å². The van der Waals surface area contributed by atoms with Gasteiger partial charge in [0.2, 0.25) is 0 Å². The van der Waals surface area contributed by atoms with Crippen LogP contribution in [0.25, 0.3) is 0 Å². The highest BCUT2D eigenvalue weighted by Gasteiger charge is 2.11. The summed E-state index contributed by atoms with van der Waals surface area (Å²) in [6, 6.07) is 13.3. The quantitative estimate of drug-likeness (QED) is 0.433. The first-order chi connectivity index (χ1) is 13.4. The molecule has 7 heteroatoms. The first-order valence-electron chi connectivity index (χ1n) is 8.68. The van der Waals surface area contributed by atoms with E-state index >= 15 is 0 Å². The van der Waals surface area contributed by atoms with Crippen LogP contribution in [0.15, 0.2) is 60.7 Å². The summed E-state index contributed by atoms with van der Waals surface area (Å²) in [5, 5.41) is 5.55. The first-order valence-corrected chi connectivity index (χ1v) is 8.68. The second kappa shape index (κ2) is 9.91. The van der Waals surface area contributed by atoms with E-state index in [1.165, 1.54) is 12.1 Å². The Morgan fingerprint density at radius 3 is 2.36 bits per heavy atom. The Kier molecular flexibility index (Phi) is 7.33. The maximum atomic E-state index is 12.4. The van der Waals surface area contributed by atoms with E-state index in [9.17, 15) is 14.4 Å². The number of rotatable bonds is 7. The molecule has 0 unspecified atom stereocenters. The van der Waals surface area contributed by atoms with Gasteiger partial charge in [-0.2, -0.15) is 0 Å². The molecule has 7 nitrogen and oxygen atoms in total. The summed E-state index contributed by atoms with van der Waals surface area (Å²) in [6.45, 7) is 7.35. The Bertz CT molecular complexity index is 875. The summed E-state index contributed by atoms with van der Waals surface area (Å²) in [4.78, 5) is 35.5. The van der Waals surface area contributed by atoms with E-state index in [0.717, 1.165) is 5.56 Å². The molecule has 2 amide bonds. The Labute approximate surface area is 163 Å². The van der Waals surface area contributed by atoms with Crippen molar-refractivity contribution in [2.24, 2.45) is 0 Å². The summed E-state index contributed by atoms with van der Waals surface area (Å²) in [7, 11) is 0. The van der Waals surface area contributed by atoms with Crippen LogP contribution in [0.4, 0.5) is 10.5 Å². The fraction of sp³-hybridized carbons (Fsp3) is 0.190. The van der Waals surface area contributed by atoms with Gasteiger partial charge in [-0.1, -0.05) is 24.8 Å². The average Bonchev–Trinajstić information content (AvgIpc) is 2.67. The Balaban J connectivity index is 1.98. The van der Waals surface area contributed by atoms with Gasteiger partial charge in [0.1, 0.15) is 5.75 Å². The number of hydrogen-bond acceptors (Lipinski definition) is 5. The molecule has 28 heavy (non-hydrogen) atoms. The monoisotopic (exact) mass is 382 g/mol. The van der Waals surface area contributed by atoms with E-state index in [-0.39, 0.29) is 30.7 Å². The van der Waals surface area contributed by atoms with Crippen molar-refractivity contribution < 1.29 is 23.9 Å². The number of benzene rings is 2. The lowest BCUT2D eigenvalue weighted by Gasteiger charge is -2.12. The maximum absolute atomic E-state index is 12.4. The molecule has 2 aromatic carbocycles. The summed E-state index contributed by atoms with van der Waals surface area (Å²) in [5.41, 5.74) is 2.16. The molecule has 0 aliphatic heterocycles. The molecule has 2 N–H and O–H groups in total.